The van der Waals surface area contributed by atoms with E-state index in [1.165, 1.54) is 13.3 Å². The maximum Gasteiger partial charge on any atom is 0.340 e. The number of esters is 1. The summed E-state index contributed by atoms with van der Waals surface area (Å²) in [7, 11) is 1.33. The summed E-state index contributed by atoms with van der Waals surface area (Å²) >= 11 is 0. The van der Waals surface area contributed by atoms with Gasteiger partial charge in [-0.1, -0.05) is 12.1 Å². The molecule has 4 nitrogen and oxygen atoms in total. The lowest BCUT2D eigenvalue weighted by Gasteiger charge is -2.07. The number of carbonyl (C=O) groups excluding carboxylic acids is 1. The normalized spacial score (nSPS) is 9.94. The van der Waals surface area contributed by atoms with Crippen LogP contribution in [-0.4, -0.2) is 23.2 Å². The zero-order valence-electron chi connectivity index (χ0n) is 9.25. The molecule has 1 N–H and O–H groups in total. The molecule has 0 fully saturated rings. The van der Waals surface area contributed by atoms with Gasteiger partial charge in [0, 0.05) is 12.4 Å². The van der Waals surface area contributed by atoms with Crippen molar-refractivity contribution < 1.29 is 14.6 Å². The molecule has 1 aromatic carbocycles. The summed E-state index contributed by atoms with van der Waals surface area (Å²) in [4.78, 5) is 15.5. The van der Waals surface area contributed by atoms with Gasteiger partial charge in [0.25, 0.3) is 0 Å². The molecule has 86 valence electrons. The molecule has 2 rings (SSSR count). The molecule has 2 aromatic rings. The Morgan fingerprint density at radius 2 is 1.94 bits per heavy atom. The van der Waals surface area contributed by atoms with Crippen molar-refractivity contribution in [3.05, 3.63) is 48.3 Å². The van der Waals surface area contributed by atoms with Gasteiger partial charge in [-0.25, -0.2) is 4.79 Å². The van der Waals surface area contributed by atoms with E-state index in [0.717, 1.165) is 11.1 Å². The molecule has 0 spiro atoms. The molecule has 1 heterocycles. The number of nitrogens with zero attached hydrogens (tertiary/aromatic N) is 1. The Hall–Kier alpha value is -2.36. The van der Waals surface area contributed by atoms with E-state index in [0.29, 0.717) is 5.56 Å². The molecule has 1 aromatic heterocycles. The number of benzene rings is 1. The largest absolute Gasteiger partial charge is 0.508 e. The van der Waals surface area contributed by atoms with E-state index < -0.39 is 5.97 Å². The van der Waals surface area contributed by atoms with Crippen LogP contribution >= 0.6 is 0 Å². The minimum Gasteiger partial charge on any atom is -0.508 e. The van der Waals surface area contributed by atoms with Gasteiger partial charge in [-0.3, -0.25) is 4.98 Å². The molecule has 0 amide bonds. The average molecular weight is 229 g/mol. The average Bonchev–Trinajstić information content (AvgIpc) is 2.39. The molecule has 0 aliphatic heterocycles. The van der Waals surface area contributed by atoms with E-state index in [9.17, 15) is 9.90 Å². The fraction of sp³-hybridized carbons (Fsp3) is 0.0769. The maximum absolute atomic E-state index is 11.6. The predicted molar refractivity (Wildman–Crippen MR) is 62.7 cm³/mol. The van der Waals surface area contributed by atoms with Crippen molar-refractivity contribution in [2.75, 3.05) is 7.11 Å². The van der Waals surface area contributed by atoms with Crippen molar-refractivity contribution in [2.45, 2.75) is 0 Å². The van der Waals surface area contributed by atoms with Crippen LogP contribution in [0.4, 0.5) is 0 Å². The van der Waals surface area contributed by atoms with Crippen molar-refractivity contribution in [3.8, 4) is 16.9 Å². The smallest absolute Gasteiger partial charge is 0.340 e. The summed E-state index contributed by atoms with van der Waals surface area (Å²) in [5.74, 6) is -0.247. The molecule has 0 unspecified atom stereocenters. The summed E-state index contributed by atoms with van der Waals surface area (Å²) in [5.41, 5.74) is 1.96. The standard InChI is InChI=1S/C13H11NO3/c1-17-13(16)12-8-14-7-6-11(12)9-2-4-10(15)5-3-9/h2-8,15H,1H3. The maximum atomic E-state index is 11.6. The van der Waals surface area contributed by atoms with Gasteiger partial charge in [0.2, 0.25) is 0 Å². The van der Waals surface area contributed by atoms with Crippen LogP contribution in [0.5, 0.6) is 5.75 Å². The number of hydrogen-bond donors (Lipinski definition) is 1. The monoisotopic (exact) mass is 229 g/mol. The predicted octanol–water partition coefficient (Wildman–Crippen LogP) is 2.24. The number of phenolic OH excluding ortho intramolecular Hbond substituents is 1. The first kappa shape index (κ1) is 11.1. The Morgan fingerprint density at radius 1 is 1.24 bits per heavy atom. The number of pyridine rings is 1. The first-order valence-corrected chi connectivity index (χ1v) is 5.04. The highest BCUT2D eigenvalue weighted by Gasteiger charge is 2.12. The number of methoxy groups -OCH3 is 1. The molecular weight excluding hydrogens is 218 g/mol. The SMILES string of the molecule is COC(=O)c1cnccc1-c1ccc(O)cc1. The van der Waals surface area contributed by atoms with Gasteiger partial charge in [0.1, 0.15) is 5.75 Å². The van der Waals surface area contributed by atoms with Gasteiger partial charge < -0.3 is 9.84 Å². The first-order chi connectivity index (χ1) is 8.22. The van der Waals surface area contributed by atoms with E-state index in [1.54, 1.807) is 36.5 Å². The molecular formula is C13H11NO3. The van der Waals surface area contributed by atoms with E-state index in [2.05, 4.69) is 4.98 Å². The molecule has 0 aliphatic rings. The fourth-order valence-electron chi connectivity index (χ4n) is 1.56. The minimum atomic E-state index is -0.429. The summed E-state index contributed by atoms with van der Waals surface area (Å²) < 4.78 is 4.69. The third-order valence-corrected chi connectivity index (χ3v) is 2.40. The van der Waals surface area contributed by atoms with Crippen LogP contribution in [0.2, 0.25) is 0 Å². The van der Waals surface area contributed by atoms with Crippen LogP contribution in [0.3, 0.4) is 0 Å². The molecule has 17 heavy (non-hydrogen) atoms. The third-order valence-electron chi connectivity index (χ3n) is 2.40. The second-order valence-electron chi connectivity index (χ2n) is 3.46. The number of carbonyl (C=O) groups is 1. The second kappa shape index (κ2) is 4.65. The van der Waals surface area contributed by atoms with Crippen molar-refractivity contribution in [3.63, 3.8) is 0 Å². The van der Waals surface area contributed by atoms with Gasteiger partial charge in [-0.15, -0.1) is 0 Å². The van der Waals surface area contributed by atoms with Gasteiger partial charge in [0.05, 0.1) is 12.7 Å². The summed E-state index contributed by atoms with van der Waals surface area (Å²) in [6.07, 6.45) is 3.07. The van der Waals surface area contributed by atoms with Crippen LogP contribution < -0.4 is 0 Å². The summed E-state index contributed by atoms with van der Waals surface area (Å²) in [6.45, 7) is 0. The Balaban J connectivity index is 2.51. The van der Waals surface area contributed by atoms with E-state index in [4.69, 9.17) is 4.74 Å². The van der Waals surface area contributed by atoms with Gasteiger partial charge in [-0.05, 0) is 29.3 Å². The molecule has 0 aliphatic carbocycles. The Labute approximate surface area is 98.5 Å². The Morgan fingerprint density at radius 3 is 2.59 bits per heavy atom. The van der Waals surface area contributed by atoms with Crippen molar-refractivity contribution in [2.24, 2.45) is 0 Å². The van der Waals surface area contributed by atoms with Crippen LogP contribution in [0.25, 0.3) is 11.1 Å². The quantitative estimate of drug-likeness (QED) is 0.802. The lowest BCUT2D eigenvalue weighted by molar-refractivity contribution is 0.0601. The van der Waals surface area contributed by atoms with E-state index in [-0.39, 0.29) is 5.75 Å². The van der Waals surface area contributed by atoms with Crippen LogP contribution in [0, 0.1) is 0 Å². The topological polar surface area (TPSA) is 59.4 Å². The molecule has 4 heteroatoms. The number of phenols is 1. The number of hydrogen-bond acceptors (Lipinski definition) is 4. The highest BCUT2D eigenvalue weighted by Crippen LogP contribution is 2.25. The van der Waals surface area contributed by atoms with Crippen molar-refractivity contribution in [1.29, 1.82) is 0 Å². The first-order valence-electron chi connectivity index (χ1n) is 5.04. The minimum absolute atomic E-state index is 0.183. The van der Waals surface area contributed by atoms with Gasteiger partial charge in [-0.2, -0.15) is 0 Å². The number of aromatic hydroxyl groups is 1. The number of ether oxygens (including phenoxy) is 1. The molecule has 0 saturated carbocycles. The zero-order chi connectivity index (χ0) is 12.3. The van der Waals surface area contributed by atoms with Crippen LogP contribution in [-0.2, 0) is 4.74 Å². The zero-order valence-corrected chi connectivity index (χ0v) is 9.25. The fourth-order valence-corrected chi connectivity index (χ4v) is 1.56. The molecule has 0 radical (unpaired) electrons. The van der Waals surface area contributed by atoms with Crippen LogP contribution in [0.1, 0.15) is 10.4 Å². The van der Waals surface area contributed by atoms with Crippen molar-refractivity contribution >= 4 is 5.97 Å². The number of aromatic nitrogens is 1. The second-order valence-corrected chi connectivity index (χ2v) is 3.46. The molecule has 0 saturated heterocycles. The third kappa shape index (κ3) is 2.25. The molecule has 0 bridgehead atoms. The number of rotatable bonds is 2. The van der Waals surface area contributed by atoms with Gasteiger partial charge in [0.15, 0.2) is 0 Å². The summed E-state index contributed by atoms with van der Waals surface area (Å²) in [6, 6.07) is 8.33. The lowest BCUT2D eigenvalue weighted by Crippen LogP contribution is -2.03. The Bertz CT molecular complexity index is 535. The highest BCUT2D eigenvalue weighted by molar-refractivity contribution is 5.96. The van der Waals surface area contributed by atoms with Gasteiger partial charge >= 0.3 is 5.97 Å². The van der Waals surface area contributed by atoms with E-state index >= 15 is 0 Å². The van der Waals surface area contributed by atoms with E-state index in [1.807, 2.05) is 0 Å². The summed E-state index contributed by atoms with van der Waals surface area (Å²) in [5, 5.41) is 9.22. The molecule has 0 atom stereocenters. The highest BCUT2D eigenvalue weighted by atomic mass is 16.5. The van der Waals surface area contributed by atoms with Crippen LogP contribution in [0.15, 0.2) is 42.7 Å². The van der Waals surface area contributed by atoms with Crippen molar-refractivity contribution in [1.82, 2.24) is 4.98 Å². The lowest BCUT2D eigenvalue weighted by atomic mass is 10.0. The Kier molecular flexibility index (Phi) is 3.05.